The highest BCUT2D eigenvalue weighted by Gasteiger charge is 2.14. The van der Waals surface area contributed by atoms with Gasteiger partial charge in [-0.2, -0.15) is 0 Å². The highest BCUT2D eigenvalue weighted by Crippen LogP contribution is 2.16. The van der Waals surface area contributed by atoms with Crippen LogP contribution in [0.3, 0.4) is 0 Å². The molecule has 0 saturated heterocycles. The van der Waals surface area contributed by atoms with Crippen LogP contribution >= 0.6 is 23.6 Å². The van der Waals surface area contributed by atoms with Crippen molar-refractivity contribution < 1.29 is 8.42 Å². The van der Waals surface area contributed by atoms with E-state index in [1.54, 1.807) is 23.5 Å². The van der Waals surface area contributed by atoms with Gasteiger partial charge in [0, 0.05) is 21.9 Å². The molecule has 2 rings (SSSR count). The Morgan fingerprint density at radius 3 is 2.40 bits per heavy atom. The average Bonchev–Trinajstić information content (AvgIpc) is 2.82. The topological polar surface area (TPSA) is 72.2 Å². The van der Waals surface area contributed by atoms with Crippen LogP contribution in [-0.4, -0.2) is 13.4 Å². The van der Waals surface area contributed by atoms with Crippen molar-refractivity contribution in [3.63, 3.8) is 0 Å². The number of nitrogens with two attached hydrogens (primary N) is 1. The van der Waals surface area contributed by atoms with E-state index in [0.29, 0.717) is 5.56 Å². The van der Waals surface area contributed by atoms with Gasteiger partial charge in [-0.3, -0.25) is 0 Å². The van der Waals surface area contributed by atoms with E-state index in [4.69, 9.17) is 18.0 Å². The molecule has 0 radical (unpaired) electrons. The molecule has 7 heteroatoms. The zero-order valence-electron chi connectivity index (χ0n) is 10.8. The summed E-state index contributed by atoms with van der Waals surface area (Å²) in [5.41, 5.74) is 6.12. The summed E-state index contributed by atoms with van der Waals surface area (Å²) < 4.78 is 26.8. The SMILES string of the molecule is Cc1ccc(CNS(=O)(=O)c2ccc(C(N)=S)cc2)s1. The first-order chi connectivity index (χ1) is 9.38. The molecule has 0 saturated carbocycles. The van der Waals surface area contributed by atoms with E-state index in [-0.39, 0.29) is 16.4 Å². The first kappa shape index (κ1) is 15.1. The number of aryl methyl sites for hydroxylation is 1. The maximum absolute atomic E-state index is 12.1. The maximum atomic E-state index is 12.1. The lowest BCUT2D eigenvalue weighted by molar-refractivity contribution is 0.582. The molecule has 2 aromatic rings. The zero-order chi connectivity index (χ0) is 14.8. The minimum atomic E-state index is -3.52. The van der Waals surface area contributed by atoms with Crippen LogP contribution in [0.4, 0.5) is 0 Å². The van der Waals surface area contributed by atoms with Gasteiger partial charge in [0.2, 0.25) is 10.0 Å². The first-order valence-electron chi connectivity index (χ1n) is 5.83. The smallest absolute Gasteiger partial charge is 0.240 e. The summed E-state index contributed by atoms with van der Waals surface area (Å²) in [5.74, 6) is 0. The molecule has 0 aliphatic rings. The number of thiocarbonyl (C=S) groups is 1. The van der Waals surface area contributed by atoms with Crippen LogP contribution in [0.15, 0.2) is 41.3 Å². The molecule has 1 aromatic carbocycles. The molecule has 0 spiro atoms. The maximum Gasteiger partial charge on any atom is 0.240 e. The lowest BCUT2D eigenvalue weighted by Crippen LogP contribution is -2.23. The molecule has 0 amide bonds. The molecule has 3 N–H and O–H groups in total. The predicted molar refractivity (Wildman–Crippen MR) is 85.4 cm³/mol. The summed E-state index contributed by atoms with van der Waals surface area (Å²) in [4.78, 5) is 2.58. The summed E-state index contributed by atoms with van der Waals surface area (Å²) in [6, 6.07) is 10.1. The molecule has 0 atom stereocenters. The lowest BCUT2D eigenvalue weighted by Gasteiger charge is -2.06. The van der Waals surface area contributed by atoms with Crippen LogP contribution < -0.4 is 10.5 Å². The third kappa shape index (κ3) is 3.63. The summed E-state index contributed by atoms with van der Waals surface area (Å²) in [5, 5.41) is 0. The van der Waals surface area contributed by atoms with Crippen molar-refractivity contribution >= 4 is 38.6 Å². The van der Waals surface area contributed by atoms with Gasteiger partial charge in [-0.15, -0.1) is 11.3 Å². The minimum Gasteiger partial charge on any atom is -0.389 e. The van der Waals surface area contributed by atoms with Crippen molar-refractivity contribution in [2.75, 3.05) is 0 Å². The normalized spacial score (nSPS) is 11.4. The molecule has 0 fully saturated rings. The predicted octanol–water partition coefficient (Wildman–Crippen LogP) is 2.17. The lowest BCUT2D eigenvalue weighted by atomic mass is 10.2. The van der Waals surface area contributed by atoms with Crippen molar-refractivity contribution in [2.45, 2.75) is 18.4 Å². The summed E-state index contributed by atoms with van der Waals surface area (Å²) in [7, 11) is -3.52. The van der Waals surface area contributed by atoms with Crippen molar-refractivity contribution in [1.82, 2.24) is 4.72 Å². The summed E-state index contributed by atoms with van der Waals surface area (Å²) >= 11 is 6.40. The molecule has 106 valence electrons. The van der Waals surface area contributed by atoms with Crippen molar-refractivity contribution in [3.8, 4) is 0 Å². The fourth-order valence-corrected chi connectivity index (χ4v) is 3.69. The fraction of sp³-hybridized carbons (Fsp3) is 0.154. The van der Waals surface area contributed by atoms with E-state index >= 15 is 0 Å². The number of nitrogens with one attached hydrogen (secondary N) is 1. The van der Waals surface area contributed by atoms with E-state index < -0.39 is 10.0 Å². The fourth-order valence-electron chi connectivity index (χ4n) is 1.63. The third-order valence-electron chi connectivity index (χ3n) is 2.68. The molecule has 20 heavy (non-hydrogen) atoms. The molecule has 0 unspecified atom stereocenters. The number of hydrogen-bond acceptors (Lipinski definition) is 4. The molecular formula is C13H14N2O2S3. The second kappa shape index (κ2) is 6.01. The van der Waals surface area contributed by atoms with Crippen molar-refractivity contribution in [1.29, 1.82) is 0 Å². The summed E-state index contributed by atoms with van der Waals surface area (Å²) in [6.45, 7) is 2.27. The van der Waals surface area contributed by atoms with E-state index in [9.17, 15) is 8.42 Å². The number of hydrogen-bond donors (Lipinski definition) is 2. The Balaban J connectivity index is 2.11. The molecular weight excluding hydrogens is 312 g/mol. The van der Waals surface area contributed by atoms with Gasteiger partial charge in [0.25, 0.3) is 0 Å². The molecule has 0 bridgehead atoms. The van der Waals surface area contributed by atoms with Gasteiger partial charge in [-0.25, -0.2) is 13.1 Å². The van der Waals surface area contributed by atoms with E-state index in [1.165, 1.54) is 12.1 Å². The standard InChI is InChI=1S/C13H14N2O2S3/c1-9-2-5-11(19-9)8-15-20(16,17)12-6-3-10(4-7-12)13(14)18/h2-7,15H,8H2,1H3,(H2,14,18). The monoisotopic (exact) mass is 326 g/mol. The van der Waals surface area contributed by atoms with E-state index in [1.807, 2.05) is 19.1 Å². The van der Waals surface area contributed by atoms with Crippen LogP contribution in [0.25, 0.3) is 0 Å². The molecule has 0 aliphatic heterocycles. The van der Waals surface area contributed by atoms with Crippen LogP contribution in [0, 0.1) is 6.92 Å². The first-order valence-corrected chi connectivity index (χ1v) is 8.54. The highest BCUT2D eigenvalue weighted by molar-refractivity contribution is 7.89. The van der Waals surface area contributed by atoms with Gasteiger partial charge in [-0.1, -0.05) is 24.4 Å². The number of sulfonamides is 1. The van der Waals surface area contributed by atoms with Gasteiger partial charge in [-0.05, 0) is 31.2 Å². The van der Waals surface area contributed by atoms with Gasteiger partial charge in [0.15, 0.2) is 0 Å². The Labute approximate surface area is 127 Å². The number of thiophene rings is 1. The van der Waals surface area contributed by atoms with E-state index in [2.05, 4.69) is 4.72 Å². The Bertz CT molecular complexity index is 718. The Hall–Kier alpha value is -1.28. The zero-order valence-corrected chi connectivity index (χ0v) is 13.2. The molecule has 1 heterocycles. The van der Waals surface area contributed by atoms with Crippen molar-refractivity contribution in [3.05, 3.63) is 51.7 Å². The van der Waals surface area contributed by atoms with Crippen LogP contribution in [0.5, 0.6) is 0 Å². The Kier molecular flexibility index (Phi) is 4.54. The van der Waals surface area contributed by atoms with Gasteiger partial charge in [0.1, 0.15) is 4.99 Å². The Morgan fingerprint density at radius 1 is 1.25 bits per heavy atom. The average molecular weight is 326 g/mol. The molecule has 4 nitrogen and oxygen atoms in total. The molecule has 0 aliphatic carbocycles. The number of rotatable bonds is 5. The van der Waals surface area contributed by atoms with E-state index in [0.717, 1.165) is 9.75 Å². The van der Waals surface area contributed by atoms with Gasteiger partial charge in [0.05, 0.1) is 4.90 Å². The number of benzene rings is 1. The van der Waals surface area contributed by atoms with Gasteiger partial charge < -0.3 is 5.73 Å². The second-order valence-electron chi connectivity index (χ2n) is 4.23. The van der Waals surface area contributed by atoms with Crippen LogP contribution in [0.1, 0.15) is 15.3 Å². The van der Waals surface area contributed by atoms with Crippen LogP contribution in [0.2, 0.25) is 0 Å². The summed E-state index contributed by atoms with van der Waals surface area (Å²) in [6.07, 6.45) is 0. The third-order valence-corrected chi connectivity index (χ3v) is 5.34. The minimum absolute atomic E-state index is 0.200. The van der Waals surface area contributed by atoms with Crippen molar-refractivity contribution in [2.24, 2.45) is 5.73 Å². The largest absolute Gasteiger partial charge is 0.389 e. The Morgan fingerprint density at radius 2 is 1.90 bits per heavy atom. The quantitative estimate of drug-likeness (QED) is 0.826. The second-order valence-corrected chi connectivity index (χ2v) is 7.80. The molecule has 1 aromatic heterocycles. The van der Waals surface area contributed by atoms with Crippen LogP contribution in [-0.2, 0) is 16.6 Å². The van der Waals surface area contributed by atoms with Gasteiger partial charge >= 0.3 is 0 Å². The highest BCUT2D eigenvalue weighted by atomic mass is 32.2.